The minimum atomic E-state index is -0.976. The Morgan fingerprint density at radius 2 is 2.00 bits per heavy atom. The fourth-order valence-electron chi connectivity index (χ4n) is 2.08. The number of aromatic nitrogens is 1. The van der Waals surface area contributed by atoms with Gasteiger partial charge in [0.05, 0.1) is 17.5 Å². The van der Waals surface area contributed by atoms with E-state index in [9.17, 15) is 9.18 Å². The fraction of sp³-hybridized carbons (Fsp3) is 0. The Balaban J connectivity index is 1.76. The molecule has 0 amide bonds. The molecule has 0 fully saturated rings. The molecule has 3 aromatic rings. The van der Waals surface area contributed by atoms with Crippen molar-refractivity contribution in [3.05, 3.63) is 65.6 Å². The third-order valence-corrected chi connectivity index (χ3v) is 3.20. The van der Waals surface area contributed by atoms with E-state index in [-0.39, 0.29) is 11.4 Å². The molecule has 1 aromatic heterocycles. The van der Waals surface area contributed by atoms with Crippen LogP contribution in [0.3, 0.4) is 0 Å². The average Bonchev–Trinajstić information content (AvgIpc) is 2.90. The highest BCUT2D eigenvalue weighted by atomic mass is 19.1. The van der Waals surface area contributed by atoms with E-state index in [4.69, 9.17) is 5.11 Å². The molecule has 0 saturated carbocycles. The van der Waals surface area contributed by atoms with Crippen LogP contribution >= 0.6 is 0 Å². The van der Waals surface area contributed by atoms with E-state index in [1.54, 1.807) is 30.6 Å². The van der Waals surface area contributed by atoms with Gasteiger partial charge < -0.3 is 10.1 Å². The van der Waals surface area contributed by atoms with Gasteiger partial charge in [0.25, 0.3) is 0 Å². The van der Waals surface area contributed by atoms with Gasteiger partial charge in [0.2, 0.25) is 0 Å². The number of fused-ring (bicyclic) bond motifs is 1. The standard InChI is InChI=1S/C16H12FN3O2/c17-12-3-6-15-14(7-12)11(8-18-15)9-19-20-13-4-1-10(2-5-13)16(21)22/h1-9,18,20H,(H,21,22)/b19-9+. The smallest absolute Gasteiger partial charge is 0.335 e. The van der Waals surface area contributed by atoms with E-state index in [0.717, 1.165) is 16.5 Å². The Morgan fingerprint density at radius 3 is 2.73 bits per heavy atom. The number of H-pyrrole nitrogens is 1. The summed E-state index contributed by atoms with van der Waals surface area (Å²) in [6, 6.07) is 10.7. The molecule has 0 saturated heterocycles. The number of carboxylic acids is 1. The van der Waals surface area contributed by atoms with Gasteiger partial charge in [0.1, 0.15) is 5.82 Å². The molecular weight excluding hydrogens is 285 g/mol. The molecule has 3 N–H and O–H groups in total. The number of aromatic amines is 1. The van der Waals surface area contributed by atoms with Crippen molar-refractivity contribution in [1.82, 2.24) is 4.98 Å². The number of carbonyl (C=O) groups is 1. The summed E-state index contributed by atoms with van der Waals surface area (Å²) in [5.74, 6) is -1.28. The summed E-state index contributed by atoms with van der Waals surface area (Å²) in [6.07, 6.45) is 3.31. The number of aromatic carboxylic acids is 1. The van der Waals surface area contributed by atoms with Gasteiger partial charge in [-0.1, -0.05) is 0 Å². The lowest BCUT2D eigenvalue weighted by Crippen LogP contribution is -1.96. The van der Waals surface area contributed by atoms with E-state index in [1.807, 2.05) is 0 Å². The predicted octanol–water partition coefficient (Wildman–Crippen LogP) is 3.45. The summed E-state index contributed by atoms with van der Waals surface area (Å²) in [6.45, 7) is 0. The summed E-state index contributed by atoms with van der Waals surface area (Å²) in [7, 11) is 0. The van der Waals surface area contributed by atoms with E-state index < -0.39 is 5.97 Å². The first-order valence-electron chi connectivity index (χ1n) is 6.52. The van der Waals surface area contributed by atoms with Gasteiger partial charge in [0, 0.05) is 22.7 Å². The van der Waals surface area contributed by atoms with Gasteiger partial charge in [-0.15, -0.1) is 0 Å². The lowest BCUT2D eigenvalue weighted by atomic mass is 10.2. The van der Waals surface area contributed by atoms with Crippen LogP contribution in [-0.4, -0.2) is 22.3 Å². The van der Waals surface area contributed by atoms with Crippen LogP contribution in [0.1, 0.15) is 15.9 Å². The van der Waals surface area contributed by atoms with Gasteiger partial charge in [-0.05, 0) is 42.5 Å². The Kier molecular flexibility index (Phi) is 3.57. The van der Waals surface area contributed by atoms with Crippen molar-refractivity contribution < 1.29 is 14.3 Å². The normalized spacial score (nSPS) is 11.1. The number of halogens is 1. The largest absolute Gasteiger partial charge is 0.478 e. The molecule has 0 radical (unpaired) electrons. The van der Waals surface area contributed by atoms with Gasteiger partial charge in [0.15, 0.2) is 0 Å². The maximum Gasteiger partial charge on any atom is 0.335 e. The first-order chi connectivity index (χ1) is 10.6. The number of hydrogen-bond acceptors (Lipinski definition) is 3. The minimum Gasteiger partial charge on any atom is -0.478 e. The molecule has 0 unspecified atom stereocenters. The maximum atomic E-state index is 13.3. The molecule has 0 aliphatic heterocycles. The number of nitrogens with zero attached hydrogens (tertiary/aromatic N) is 1. The number of rotatable bonds is 4. The van der Waals surface area contributed by atoms with Crippen molar-refractivity contribution in [2.75, 3.05) is 5.43 Å². The molecule has 2 aromatic carbocycles. The van der Waals surface area contributed by atoms with Gasteiger partial charge in [-0.25, -0.2) is 9.18 Å². The number of nitrogens with one attached hydrogen (secondary N) is 2. The summed E-state index contributed by atoms with van der Waals surface area (Å²) in [5, 5.41) is 13.6. The Labute approximate surface area is 125 Å². The molecule has 3 rings (SSSR count). The number of benzene rings is 2. The minimum absolute atomic E-state index is 0.210. The first-order valence-corrected chi connectivity index (χ1v) is 6.52. The van der Waals surface area contributed by atoms with E-state index >= 15 is 0 Å². The van der Waals surface area contributed by atoms with Crippen LogP contribution in [-0.2, 0) is 0 Å². The highest BCUT2D eigenvalue weighted by Gasteiger charge is 2.03. The quantitative estimate of drug-likeness (QED) is 0.510. The monoisotopic (exact) mass is 297 g/mol. The predicted molar refractivity (Wildman–Crippen MR) is 82.9 cm³/mol. The van der Waals surface area contributed by atoms with E-state index in [2.05, 4.69) is 15.5 Å². The molecule has 1 heterocycles. The van der Waals surface area contributed by atoms with Crippen LogP contribution in [0.15, 0.2) is 53.8 Å². The number of hydrogen-bond donors (Lipinski definition) is 3. The summed E-state index contributed by atoms with van der Waals surface area (Å²) < 4.78 is 13.3. The molecule has 0 spiro atoms. The van der Waals surface area contributed by atoms with Gasteiger partial charge >= 0.3 is 5.97 Å². The Bertz CT molecular complexity index is 853. The molecule has 0 aliphatic carbocycles. The van der Waals surface area contributed by atoms with Crippen molar-refractivity contribution >= 4 is 28.8 Å². The molecule has 0 bridgehead atoms. The zero-order valence-electron chi connectivity index (χ0n) is 11.4. The van der Waals surface area contributed by atoms with Crippen molar-refractivity contribution in [3.63, 3.8) is 0 Å². The van der Waals surface area contributed by atoms with Crippen LogP contribution in [0.2, 0.25) is 0 Å². The molecule has 0 atom stereocenters. The highest BCUT2D eigenvalue weighted by molar-refractivity contribution is 5.99. The average molecular weight is 297 g/mol. The van der Waals surface area contributed by atoms with Crippen molar-refractivity contribution in [1.29, 1.82) is 0 Å². The topological polar surface area (TPSA) is 77.5 Å². The van der Waals surface area contributed by atoms with Crippen LogP contribution in [0.25, 0.3) is 10.9 Å². The van der Waals surface area contributed by atoms with Gasteiger partial charge in [-0.3, -0.25) is 5.43 Å². The SMILES string of the molecule is O=C(O)c1ccc(N/N=C/c2c[nH]c3ccc(F)cc23)cc1. The van der Waals surface area contributed by atoms with Gasteiger partial charge in [-0.2, -0.15) is 5.10 Å². The van der Waals surface area contributed by atoms with Crippen molar-refractivity contribution in [3.8, 4) is 0 Å². The van der Waals surface area contributed by atoms with E-state index in [0.29, 0.717) is 5.69 Å². The van der Waals surface area contributed by atoms with Crippen LogP contribution < -0.4 is 5.43 Å². The molecule has 0 aliphatic rings. The highest BCUT2D eigenvalue weighted by Crippen LogP contribution is 2.18. The fourth-order valence-corrected chi connectivity index (χ4v) is 2.08. The second-order valence-corrected chi connectivity index (χ2v) is 4.69. The summed E-state index contributed by atoms with van der Waals surface area (Å²) in [5.41, 5.74) is 5.25. The van der Waals surface area contributed by atoms with E-state index in [1.165, 1.54) is 24.3 Å². The lowest BCUT2D eigenvalue weighted by molar-refractivity contribution is 0.0697. The van der Waals surface area contributed by atoms with Crippen LogP contribution in [0.5, 0.6) is 0 Å². The lowest BCUT2D eigenvalue weighted by Gasteiger charge is -2.00. The first kappa shape index (κ1) is 13.8. The number of hydrazone groups is 1. The number of carboxylic acid groups (broad SMARTS) is 1. The van der Waals surface area contributed by atoms with Crippen molar-refractivity contribution in [2.45, 2.75) is 0 Å². The Hall–Kier alpha value is -3.15. The molecule has 110 valence electrons. The number of anilines is 1. The van der Waals surface area contributed by atoms with Crippen LogP contribution in [0, 0.1) is 5.82 Å². The second-order valence-electron chi connectivity index (χ2n) is 4.69. The zero-order chi connectivity index (χ0) is 15.5. The third kappa shape index (κ3) is 2.80. The molecule has 22 heavy (non-hydrogen) atoms. The molecule has 6 heteroatoms. The Morgan fingerprint density at radius 1 is 1.23 bits per heavy atom. The summed E-state index contributed by atoms with van der Waals surface area (Å²) >= 11 is 0. The van der Waals surface area contributed by atoms with Crippen LogP contribution in [0.4, 0.5) is 10.1 Å². The maximum absolute atomic E-state index is 13.3. The zero-order valence-corrected chi connectivity index (χ0v) is 11.4. The molecule has 5 nitrogen and oxygen atoms in total. The molecular formula is C16H12FN3O2. The summed E-state index contributed by atoms with van der Waals surface area (Å²) in [4.78, 5) is 13.8. The van der Waals surface area contributed by atoms with Crippen molar-refractivity contribution in [2.24, 2.45) is 5.10 Å². The second kappa shape index (κ2) is 5.69. The third-order valence-electron chi connectivity index (χ3n) is 3.20.